The largest absolute Gasteiger partial charge is 0.467 e. The number of nitrogens with zero attached hydrogens (tertiary/aromatic N) is 3. The number of para-hydroxylation sites is 1. The number of benzene rings is 1. The number of hydrogen-bond donors (Lipinski definition) is 1. The van der Waals surface area contributed by atoms with Crippen LogP contribution in [0.15, 0.2) is 58.8 Å². The minimum atomic E-state index is -0.233. The van der Waals surface area contributed by atoms with Crippen LogP contribution in [0.1, 0.15) is 24.2 Å². The lowest BCUT2D eigenvalue weighted by atomic mass is 10.1. The summed E-state index contributed by atoms with van der Waals surface area (Å²) in [6.45, 7) is 1.82. The molecule has 4 rings (SSSR count). The van der Waals surface area contributed by atoms with Crippen molar-refractivity contribution in [2.24, 2.45) is 0 Å². The Kier molecular flexibility index (Phi) is 5.66. The first-order valence-corrected chi connectivity index (χ1v) is 9.94. The van der Waals surface area contributed by atoms with Gasteiger partial charge in [0.15, 0.2) is 0 Å². The zero-order valence-corrected chi connectivity index (χ0v) is 16.5. The smallest absolute Gasteiger partial charge is 0.264 e. The average Bonchev–Trinajstić information content (AvgIpc) is 3.52. The molecule has 30 heavy (non-hydrogen) atoms. The van der Waals surface area contributed by atoms with Gasteiger partial charge in [-0.05, 0) is 37.1 Å². The molecule has 152 valence electrons. The summed E-state index contributed by atoms with van der Waals surface area (Å²) < 4.78 is 7.06. The summed E-state index contributed by atoms with van der Waals surface area (Å²) in [7, 11) is 0. The first kappa shape index (κ1) is 19.5. The van der Waals surface area contributed by atoms with Crippen LogP contribution in [0.3, 0.4) is 0 Å². The number of rotatable bonds is 6. The molecule has 2 aromatic heterocycles. The number of carbonyl (C=O) groups is 2. The topological polar surface area (TPSA) is 91.3 Å². The molecule has 0 spiro atoms. The van der Waals surface area contributed by atoms with Crippen molar-refractivity contribution < 1.29 is 14.0 Å². The summed E-state index contributed by atoms with van der Waals surface area (Å²) in [5.41, 5.74) is 1.72. The molecule has 7 heteroatoms. The van der Waals surface area contributed by atoms with E-state index in [4.69, 9.17) is 4.42 Å². The highest BCUT2D eigenvalue weighted by molar-refractivity contribution is 6.04. The van der Waals surface area contributed by atoms with Crippen molar-refractivity contribution in [3.05, 3.63) is 65.8 Å². The molecule has 1 aromatic carbocycles. The second kappa shape index (κ2) is 8.70. The molecule has 0 radical (unpaired) electrons. The van der Waals surface area contributed by atoms with Crippen molar-refractivity contribution in [1.82, 2.24) is 14.8 Å². The van der Waals surface area contributed by atoms with Gasteiger partial charge in [0, 0.05) is 35.8 Å². The van der Waals surface area contributed by atoms with E-state index in [9.17, 15) is 14.9 Å². The maximum absolute atomic E-state index is 12.7. The van der Waals surface area contributed by atoms with E-state index in [2.05, 4.69) is 5.32 Å². The zero-order chi connectivity index (χ0) is 20.9. The van der Waals surface area contributed by atoms with Crippen molar-refractivity contribution in [1.29, 1.82) is 5.26 Å². The molecule has 0 bridgehead atoms. The number of carbonyl (C=O) groups excluding carboxylic acids is 2. The van der Waals surface area contributed by atoms with Gasteiger partial charge in [-0.2, -0.15) is 5.26 Å². The molecule has 1 N–H and O–H groups in total. The van der Waals surface area contributed by atoms with Crippen LogP contribution in [0.2, 0.25) is 0 Å². The zero-order valence-electron chi connectivity index (χ0n) is 16.5. The average molecular weight is 402 g/mol. The van der Waals surface area contributed by atoms with Crippen molar-refractivity contribution in [3.8, 4) is 6.07 Å². The van der Waals surface area contributed by atoms with E-state index in [1.165, 1.54) is 0 Å². The lowest BCUT2D eigenvalue weighted by Gasteiger charge is -2.13. The lowest BCUT2D eigenvalue weighted by molar-refractivity contribution is -0.125. The fourth-order valence-electron chi connectivity index (χ4n) is 3.72. The fraction of sp³-hybridized carbons (Fsp3) is 0.261. The highest BCUT2D eigenvalue weighted by atomic mass is 16.3. The molecule has 0 atom stereocenters. The molecule has 1 aliphatic rings. The second-order valence-electron chi connectivity index (χ2n) is 7.25. The van der Waals surface area contributed by atoms with Crippen LogP contribution >= 0.6 is 0 Å². The Morgan fingerprint density at radius 3 is 2.70 bits per heavy atom. The molecule has 3 aromatic rings. The molecule has 1 fully saturated rings. The summed E-state index contributed by atoms with van der Waals surface area (Å²) in [4.78, 5) is 26.8. The predicted molar refractivity (Wildman–Crippen MR) is 112 cm³/mol. The molecular weight excluding hydrogens is 380 g/mol. The van der Waals surface area contributed by atoms with Crippen molar-refractivity contribution >= 4 is 28.8 Å². The van der Waals surface area contributed by atoms with E-state index in [1.807, 2.05) is 41.1 Å². The predicted octanol–water partition coefficient (Wildman–Crippen LogP) is 3.08. The first-order valence-electron chi connectivity index (χ1n) is 9.94. The number of fused-ring (bicyclic) bond motifs is 1. The van der Waals surface area contributed by atoms with Gasteiger partial charge < -0.3 is 19.2 Å². The third-order valence-corrected chi connectivity index (χ3v) is 5.22. The molecule has 3 heterocycles. The monoisotopic (exact) mass is 402 g/mol. The van der Waals surface area contributed by atoms with Crippen LogP contribution < -0.4 is 5.32 Å². The molecule has 0 unspecified atom stereocenters. The van der Waals surface area contributed by atoms with Gasteiger partial charge in [0.25, 0.3) is 5.91 Å². The molecule has 1 aliphatic heterocycles. The van der Waals surface area contributed by atoms with Crippen LogP contribution in [0.25, 0.3) is 17.0 Å². The Morgan fingerprint density at radius 1 is 1.17 bits per heavy atom. The number of nitriles is 1. The summed E-state index contributed by atoms with van der Waals surface area (Å²) in [5.74, 6) is 0.294. The van der Waals surface area contributed by atoms with Gasteiger partial charge in [-0.1, -0.05) is 18.2 Å². The Labute approximate surface area is 174 Å². The highest BCUT2D eigenvalue weighted by Crippen LogP contribution is 2.24. The first-order chi connectivity index (χ1) is 14.7. The van der Waals surface area contributed by atoms with Crippen molar-refractivity contribution in [3.63, 3.8) is 0 Å². The Morgan fingerprint density at radius 2 is 1.97 bits per heavy atom. The SMILES string of the molecule is N#CC(=Cc1cn(CC(=O)NCc2ccco2)c2ccccc12)C(=O)N1CCCC1. The van der Waals surface area contributed by atoms with Crippen molar-refractivity contribution in [2.75, 3.05) is 13.1 Å². The number of likely N-dealkylation sites (tertiary alicyclic amines) is 1. The van der Waals surface area contributed by atoms with E-state index < -0.39 is 0 Å². The van der Waals surface area contributed by atoms with E-state index in [-0.39, 0.29) is 23.9 Å². The van der Waals surface area contributed by atoms with Gasteiger partial charge in [-0.25, -0.2) is 0 Å². The standard InChI is InChI=1S/C23H22N4O3/c24-13-17(23(29)26-9-3-4-10-26)12-18-15-27(21-8-2-1-7-20(18)21)16-22(28)25-14-19-6-5-11-30-19/h1-2,5-8,11-12,15H,3-4,9-10,14,16H2,(H,25,28). The Bertz CT molecular complexity index is 1130. The molecule has 2 amide bonds. The number of aromatic nitrogens is 1. The maximum Gasteiger partial charge on any atom is 0.264 e. The van der Waals surface area contributed by atoms with Gasteiger partial charge in [-0.15, -0.1) is 0 Å². The molecule has 0 saturated carbocycles. The quantitative estimate of drug-likeness (QED) is 0.507. The third kappa shape index (κ3) is 4.13. The van der Waals surface area contributed by atoms with E-state index in [0.29, 0.717) is 25.4 Å². The molecular formula is C23H22N4O3. The third-order valence-electron chi connectivity index (χ3n) is 5.22. The molecule has 0 aliphatic carbocycles. The second-order valence-corrected chi connectivity index (χ2v) is 7.25. The van der Waals surface area contributed by atoms with Crippen LogP contribution in [-0.4, -0.2) is 34.4 Å². The van der Waals surface area contributed by atoms with Gasteiger partial charge in [0.05, 0.1) is 12.8 Å². The number of furan rings is 1. The minimum absolute atomic E-state index is 0.113. The Hall–Kier alpha value is -3.79. The summed E-state index contributed by atoms with van der Waals surface area (Å²) in [5, 5.41) is 13.3. The minimum Gasteiger partial charge on any atom is -0.467 e. The molecule has 7 nitrogen and oxygen atoms in total. The van der Waals surface area contributed by atoms with Gasteiger partial charge in [-0.3, -0.25) is 9.59 Å². The molecule has 1 saturated heterocycles. The van der Waals surface area contributed by atoms with E-state index in [0.717, 1.165) is 29.3 Å². The lowest BCUT2D eigenvalue weighted by Crippen LogP contribution is -2.28. The van der Waals surface area contributed by atoms with Crippen LogP contribution in [0.4, 0.5) is 0 Å². The normalized spacial score (nSPS) is 14.1. The maximum atomic E-state index is 12.7. The van der Waals surface area contributed by atoms with Gasteiger partial charge >= 0.3 is 0 Å². The summed E-state index contributed by atoms with van der Waals surface area (Å²) >= 11 is 0. The van der Waals surface area contributed by atoms with Gasteiger partial charge in [0.2, 0.25) is 5.91 Å². The van der Waals surface area contributed by atoms with Crippen LogP contribution in [-0.2, 0) is 22.7 Å². The van der Waals surface area contributed by atoms with Gasteiger partial charge in [0.1, 0.15) is 23.9 Å². The van der Waals surface area contributed by atoms with E-state index >= 15 is 0 Å². The Balaban J connectivity index is 1.57. The number of hydrogen-bond acceptors (Lipinski definition) is 4. The summed E-state index contributed by atoms with van der Waals surface area (Å²) in [6.07, 6.45) is 6.94. The summed E-state index contributed by atoms with van der Waals surface area (Å²) in [6, 6.07) is 13.3. The number of amides is 2. The fourth-order valence-corrected chi connectivity index (χ4v) is 3.72. The van der Waals surface area contributed by atoms with Crippen molar-refractivity contribution in [2.45, 2.75) is 25.9 Å². The number of nitrogens with one attached hydrogen (secondary N) is 1. The van der Waals surface area contributed by atoms with Crippen LogP contribution in [0, 0.1) is 11.3 Å². The highest BCUT2D eigenvalue weighted by Gasteiger charge is 2.22. The van der Waals surface area contributed by atoms with E-state index in [1.54, 1.807) is 29.4 Å². The van der Waals surface area contributed by atoms with Crippen LogP contribution in [0.5, 0.6) is 0 Å².